The van der Waals surface area contributed by atoms with E-state index in [0.717, 1.165) is 41.4 Å². The number of benzene rings is 1. The molecule has 0 aliphatic heterocycles. The van der Waals surface area contributed by atoms with Gasteiger partial charge < -0.3 is 5.32 Å². The number of hydrogen-bond donors (Lipinski definition) is 1. The second kappa shape index (κ2) is 6.84. The molecule has 0 atom stereocenters. The van der Waals surface area contributed by atoms with Gasteiger partial charge in [-0.1, -0.05) is 23.7 Å². The minimum atomic E-state index is 0.689. The number of rotatable bonds is 4. The fourth-order valence-corrected chi connectivity index (χ4v) is 3.44. The molecule has 0 spiro atoms. The molecule has 3 aromatic rings. The highest BCUT2D eigenvalue weighted by Gasteiger charge is 2.18. The van der Waals surface area contributed by atoms with Crippen LogP contribution in [-0.2, 0) is 26.4 Å². The molecule has 1 aromatic carbocycles. The first-order chi connectivity index (χ1) is 12.2. The Labute approximate surface area is 152 Å². The number of nitrogens with zero attached hydrogens (tertiary/aromatic N) is 4. The number of fused-ring (bicyclic) bond motifs is 1. The van der Waals surface area contributed by atoms with E-state index < -0.39 is 0 Å². The van der Waals surface area contributed by atoms with Crippen LogP contribution in [0, 0.1) is 0 Å². The first kappa shape index (κ1) is 16.1. The fourth-order valence-electron chi connectivity index (χ4n) is 3.25. The van der Waals surface area contributed by atoms with Crippen LogP contribution in [0.2, 0.25) is 5.02 Å². The van der Waals surface area contributed by atoms with E-state index in [0.29, 0.717) is 11.6 Å². The third kappa shape index (κ3) is 3.37. The van der Waals surface area contributed by atoms with Crippen molar-refractivity contribution in [3.8, 4) is 11.4 Å². The maximum Gasteiger partial charge on any atom is 0.161 e. The summed E-state index contributed by atoms with van der Waals surface area (Å²) in [7, 11) is 1.95. The van der Waals surface area contributed by atoms with Gasteiger partial charge in [0.1, 0.15) is 5.82 Å². The molecule has 0 radical (unpaired) electrons. The van der Waals surface area contributed by atoms with Gasteiger partial charge in [0, 0.05) is 35.1 Å². The van der Waals surface area contributed by atoms with Gasteiger partial charge in [-0.15, -0.1) is 0 Å². The van der Waals surface area contributed by atoms with Crippen molar-refractivity contribution in [2.75, 3.05) is 5.32 Å². The first-order valence-electron chi connectivity index (χ1n) is 8.57. The summed E-state index contributed by atoms with van der Waals surface area (Å²) in [6.07, 6.45) is 6.21. The fraction of sp³-hybridized carbons (Fsp3) is 0.316. The van der Waals surface area contributed by atoms with E-state index in [-0.39, 0.29) is 0 Å². The van der Waals surface area contributed by atoms with Crippen molar-refractivity contribution in [1.82, 2.24) is 19.7 Å². The van der Waals surface area contributed by atoms with Gasteiger partial charge in [-0.05, 0) is 43.9 Å². The van der Waals surface area contributed by atoms with Crippen molar-refractivity contribution in [3.05, 3.63) is 58.5 Å². The van der Waals surface area contributed by atoms with E-state index in [2.05, 4.69) is 10.4 Å². The highest BCUT2D eigenvalue weighted by molar-refractivity contribution is 6.30. The van der Waals surface area contributed by atoms with Gasteiger partial charge in [-0.3, -0.25) is 4.68 Å². The summed E-state index contributed by atoms with van der Waals surface area (Å²) in [5, 5.41) is 8.41. The molecule has 0 saturated heterocycles. The molecule has 0 bridgehead atoms. The Bertz CT molecular complexity index is 903. The van der Waals surface area contributed by atoms with Crippen molar-refractivity contribution in [2.24, 2.45) is 7.05 Å². The topological polar surface area (TPSA) is 55.6 Å². The standard InChI is InChI=1S/C19H20ClN5/c1-25-15(9-10-22-25)12-21-19-16-7-2-3-8-17(16)23-18(24-19)13-5-4-6-14(20)11-13/h4-6,9-11H,2-3,7-8,12H2,1H3,(H,21,23,24). The molecule has 25 heavy (non-hydrogen) atoms. The molecule has 0 saturated carbocycles. The van der Waals surface area contributed by atoms with E-state index in [1.54, 1.807) is 0 Å². The van der Waals surface area contributed by atoms with Crippen molar-refractivity contribution >= 4 is 17.4 Å². The van der Waals surface area contributed by atoms with Crippen LogP contribution in [0.15, 0.2) is 36.5 Å². The van der Waals surface area contributed by atoms with Crippen molar-refractivity contribution < 1.29 is 0 Å². The van der Waals surface area contributed by atoms with Gasteiger partial charge in [0.2, 0.25) is 0 Å². The Hall–Kier alpha value is -2.40. The maximum atomic E-state index is 6.14. The Morgan fingerprint density at radius 2 is 2.04 bits per heavy atom. The largest absolute Gasteiger partial charge is 0.364 e. The molecule has 6 heteroatoms. The summed E-state index contributed by atoms with van der Waals surface area (Å²) in [5.74, 6) is 1.66. The number of halogens is 1. The van der Waals surface area contributed by atoms with Crippen LogP contribution in [0.1, 0.15) is 29.8 Å². The summed E-state index contributed by atoms with van der Waals surface area (Å²) in [6.45, 7) is 0.689. The summed E-state index contributed by atoms with van der Waals surface area (Å²) < 4.78 is 1.87. The number of anilines is 1. The highest BCUT2D eigenvalue weighted by atomic mass is 35.5. The second-order valence-corrected chi connectivity index (χ2v) is 6.77. The van der Waals surface area contributed by atoms with E-state index in [9.17, 15) is 0 Å². The second-order valence-electron chi connectivity index (χ2n) is 6.34. The summed E-state index contributed by atoms with van der Waals surface area (Å²) in [6, 6.07) is 9.73. The zero-order valence-corrected chi connectivity index (χ0v) is 14.9. The van der Waals surface area contributed by atoms with E-state index >= 15 is 0 Å². The maximum absolute atomic E-state index is 6.14. The zero-order chi connectivity index (χ0) is 17.2. The normalized spacial score (nSPS) is 13.5. The number of aromatic nitrogens is 4. The van der Waals surface area contributed by atoms with Crippen LogP contribution >= 0.6 is 11.6 Å². The molecule has 0 amide bonds. The molecule has 2 heterocycles. The third-order valence-corrected chi connectivity index (χ3v) is 4.86. The van der Waals surface area contributed by atoms with Crippen LogP contribution in [0.3, 0.4) is 0 Å². The minimum absolute atomic E-state index is 0.689. The molecule has 4 rings (SSSR count). The average Bonchev–Trinajstić information content (AvgIpc) is 3.04. The monoisotopic (exact) mass is 353 g/mol. The molecule has 1 N–H and O–H groups in total. The lowest BCUT2D eigenvalue weighted by atomic mass is 9.96. The number of nitrogens with one attached hydrogen (secondary N) is 1. The van der Waals surface area contributed by atoms with Gasteiger partial charge >= 0.3 is 0 Å². The molecule has 0 fully saturated rings. The summed E-state index contributed by atoms with van der Waals surface area (Å²) >= 11 is 6.14. The summed E-state index contributed by atoms with van der Waals surface area (Å²) in [5.41, 5.74) is 4.47. The van der Waals surface area contributed by atoms with E-state index in [1.165, 1.54) is 18.4 Å². The quantitative estimate of drug-likeness (QED) is 0.769. The van der Waals surface area contributed by atoms with Crippen LogP contribution in [0.25, 0.3) is 11.4 Å². The van der Waals surface area contributed by atoms with E-state index in [4.69, 9.17) is 21.6 Å². The lowest BCUT2D eigenvalue weighted by Crippen LogP contribution is -2.14. The lowest BCUT2D eigenvalue weighted by Gasteiger charge is -2.20. The average molecular weight is 354 g/mol. The smallest absolute Gasteiger partial charge is 0.161 e. The Kier molecular flexibility index (Phi) is 4.40. The van der Waals surface area contributed by atoms with Gasteiger partial charge in [-0.2, -0.15) is 5.10 Å². The highest BCUT2D eigenvalue weighted by Crippen LogP contribution is 2.29. The van der Waals surface area contributed by atoms with E-state index in [1.807, 2.05) is 48.3 Å². The van der Waals surface area contributed by atoms with Gasteiger partial charge in [0.05, 0.1) is 12.2 Å². The van der Waals surface area contributed by atoms with Crippen molar-refractivity contribution in [2.45, 2.75) is 32.2 Å². The third-order valence-electron chi connectivity index (χ3n) is 4.63. The molecule has 0 unspecified atom stereocenters. The first-order valence-corrected chi connectivity index (χ1v) is 8.95. The summed E-state index contributed by atoms with van der Waals surface area (Å²) in [4.78, 5) is 9.64. The molecule has 1 aliphatic carbocycles. The van der Waals surface area contributed by atoms with Crippen LogP contribution < -0.4 is 5.32 Å². The molecular weight excluding hydrogens is 334 g/mol. The Morgan fingerprint density at radius 1 is 1.16 bits per heavy atom. The predicted molar refractivity (Wildman–Crippen MR) is 99.7 cm³/mol. The van der Waals surface area contributed by atoms with Crippen LogP contribution in [-0.4, -0.2) is 19.7 Å². The molecule has 128 valence electrons. The predicted octanol–water partition coefficient (Wildman–Crippen LogP) is 4.02. The zero-order valence-electron chi connectivity index (χ0n) is 14.2. The number of hydrogen-bond acceptors (Lipinski definition) is 4. The Balaban J connectivity index is 1.71. The SMILES string of the molecule is Cn1nccc1CNc1nc(-c2cccc(Cl)c2)nc2c1CCCC2. The number of aryl methyl sites for hydroxylation is 2. The lowest BCUT2D eigenvalue weighted by molar-refractivity contribution is 0.663. The van der Waals surface area contributed by atoms with Crippen LogP contribution in [0.4, 0.5) is 5.82 Å². The van der Waals surface area contributed by atoms with Gasteiger partial charge in [0.25, 0.3) is 0 Å². The molecule has 5 nitrogen and oxygen atoms in total. The molecular formula is C19H20ClN5. The van der Waals surface area contributed by atoms with Gasteiger partial charge in [0.15, 0.2) is 5.82 Å². The molecule has 1 aliphatic rings. The van der Waals surface area contributed by atoms with Crippen molar-refractivity contribution in [1.29, 1.82) is 0 Å². The Morgan fingerprint density at radius 3 is 2.84 bits per heavy atom. The van der Waals surface area contributed by atoms with Gasteiger partial charge in [-0.25, -0.2) is 9.97 Å². The minimum Gasteiger partial charge on any atom is -0.364 e. The van der Waals surface area contributed by atoms with Crippen molar-refractivity contribution in [3.63, 3.8) is 0 Å². The molecule has 2 aromatic heterocycles. The van der Waals surface area contributed by atoms with Crippen LogP contribution in [0.5, 0.6) is 0 Å².